The maximum atomic E-state index is 6.57. The molecule has 158 valence electrons. The van der Waals surface area contributed by atoms with Gasteiger partial charge in [-0.1, -0.05) is 40.9 Å². The lowest BCUT2D eigenvalue weighted by Gasteiger charge is -2.27. The van der Waals surface area contributed by atoms with Crippen molar-refractivity contribution in [2.75, 3.05) is 13.2 Å². The van der Waals surface area contributed by atoms with Gasteiger partial charge in [-0.3, -0.25) is 10.1 Å². The van der Waals surface area contributed by atoms with Gasteiger partial charge >= 0.3 is 0 Å². The van der Waals surface area contributed by atoms with Gasteiger partial charge < -0.3 is 10.1 Å². The molecule has 0 amide bonds. The highest BCUT2D eigenvalue weighted by atomic mass is 35.5. The molecule has 0 radical (unpaired) electrons. The maximum absolute atomic E-state index is 6.57. The molecule has 0 aliphatic carbocycles. The second kappa shape index (κ2) is 8.33. The molecule has 1 saturated heterocycles. The van der Waals surface area contributed by atoms with Crippen molar-refractivity contribution in [2.45, 2.75) is 32.7 Å². The summed E-state index contributed by atoms with van der Waals surface area (Å²) in [6.45, 7) is 5.98. The van der Waals surface area contributed by atoms with Crippen molar-refractivity contribution in [3.05, 3.63) is 64.9 Å². The predicted molar refractivity (Wildman–Crippen MR) is 126 cm³/mol. The van der Waals surface area contributed by atoms with Gasteiger partial charge in [-0.25, -0.2) is 0 Å². The van der Waals surface area contributed by atoms with Crippen molar-refractivity contribution in [1.82, 2.24) is 20.5 Å². The van der Waals surface area contributed by atoms with Crippen LogP contribution in [-0.2, 0) is 0 Å². The molecule has 0 spiro atoms. The van der Waals surface area contributed by atoms with Gasteiger partial charge in [0.05, 0.1) is 22.8 Å². The van der Waals surface area contributed by atoms with Gasteiger partial charge in [-0.15, -0.1) is 0 Å². The molecule has 2 N–H and O–H groups in total. The molecule has 4 aromatic rings. The number of hydrogen-bond acceptors (Lipinski definition) is 4. The lowest BCUT2D eigenvalue weighted by Crippen LogP contribution is -2.43. The third kappa shape index (κ3) is 4.03. The van der Waals surface area contributed by atoms with Crippen LogP contribution in [0.15, 0.2) is 48.8 Å². The number of nitrogens with zero attached hydrogens (tertiary/aromatic N) is 2. The summed E-state index contributed by atoms with van der Waals surface area (Å²) in [6.07, 6.45) is 5.89. The van der Waals surface area contributed by atoms with Crippen LogP contribution in [0, 0.1) is 13.8 Å². The first-order valence-electron chi connectivity index (χ1n) is 10.7. The Morgan fingerprint density at radius 3 is 2.58 bits per heavy atom. The molecule has 2 aromatic heterocycles. The number of hydrogen-bond donors (Lipinski definition) is 2. The van der Waals surface area contributed by atoms with Crippen LogP contribution in [0.3, 0.4) is 0 Å². The highest BCUT2D eigenvalue weighted by Gasteiger charge is 2.19. The van der Waals surface area contributed by atoms with E-state index in [1.165, 1.54) is 17.5 Å². The van der Waals surface area contributed by atoms with Crippen LogP contribution in [0.5, 0.6) is 5.75 Å². The highest BCUT2D eigenvalue weighted by Crippen LogP contribution is 2.40. The number of halogens is 1. The Labute approximate surface area is 186 Å². The fourth-order valence-electron chi connectivity index (χ4n) is 4.19. The average Bonchev–Trinajstić information content (AvgIpc) is 3.23. The fourth-order valence-corrected chi connectivity index (χ4v) is 4.44. The Kier molecular flexibility index (Phi) is 5.38. The Morgan fingerprint density at radius 1 is 1.10 bits per heavy atom. The summed E-state index contributed by atoms with van der Waals surface area (Å²) in [4.78, 5) is 4.73. The third-order valence-corrected chi connectivity index (χ3v) is 6.17. The van der Waals surface area contributed by atoms with E-state index < -0.39 is 0 Å². The maximum Gasteiger partial charge on any atom is 0.138 e. The Morgan fingerprint density at radius 2 is 1.90 bits per heavy atom. The Hall–Kier alpha value is -2.89. The van der Waals surface area contributed by atoms with Gasteiger partial charge in [0.1, 0.15) is 5.75 Å². The lowest BCUT2D eigenvalue weighted by molar-refractivity contribution is 0.255. The zero-order valence-corrected chi connectivity index (χ0v) is 18.5. The minimum Gasteiger partial charge on any atom is -0.492 e. The van der Waals surface area contributed by atoms with E-state index in [1.54, 1.807) is 6.20 Å². The van der Waals surface area contributed by atoms with Crippen molar-refractivity contribution in [1.29, 1.82) is 0 Å². The number of fused-ring (bicyclic) bond motifs is 1. The van der Waals surface area contributed by atoms with E-state index in [9.17, 15) is 0 Å². The number of aromatic nitrogens is 3. The molecule has 5 nitrogen and oxygen atoms in total. The van der Waals surface area contributed by atoms with Crippen LogP contribution in [0.1, 0.15) is 24.0 Å². The fraction of sp³-hybridized carbons (Fsp3) is 0.280. The van der Waals surface area contributed by atoms with E-state index in [4.69, 9.17) is 21.3 Å². The number of H-pyrrole nitrogens is 1. The lowest BCUT2D eigenvalue weighted by atomic mass is 9.98. The Balaban J connectivity index is 1.65. The monoisotopic (exact) mass is 432 g/mol. The predicted octanol–water partition coefficient (Wildman–Crippen LogP) is 5.69. The molecule has 3 heterocycles. The zero-order valence-electron chi connectivity index (χ0n) is 17.7. The van der Waals surface area contributed by atoms with E-state index in [2.05, 4.69) is 47.6 Å². The van der Waals surface area contributed by atoms with Crippen LogP contribution in [0.2, 0.25) is 5.02 Å². The average molecular weight is 433 g/mol. The molecular formula is C25H25ClN4O. The first-order valence-corrected chi connectivity index (χ1v) is 11.0. The van der Waals surface area contributed by atoms with Crippen molar-refractivity contribution >= 4 is 22.5 Å². The SMILES string of the molecule is Cc1cc(C)cc(-c2cnc3cc(Cl)c(-c4cc[nH]n4)cc3c2OCCC2CCN2)c1. The standard InChI is InChI=1S/C25H25ClN4O/c1-15-9-16(2)11-17(10-15)21-14-28-24-13-22(26)19(23-4-7-29-30-23)12-20(24)25(21)31-8-5-18-3-6-27-18/h4,7,9-14,18,27H,3,5-6,8H2,1-2H3,(H,29,30). The summed E-state index contributed by atoms with van der Waals surface area (Å²) in [5.41, 5.74) is 7.01. The molecule has 1 unspecified atom stereocenters. The zero-order chi connectivity index (χ0) is 21.4. The first kappa shape index (κ1) is 20.0. The molecule has 1 atom stereocenters. The van der Waals surface area contributed by atoms with Crippen molar-refractivity contribution in [3.63, 3.8) is 0 Å². The van der Waals surface area contributed by atoms with Gasteiger partial charge in [0, 0.05) is 34.9 Å². The molecular weight excluding hydrogens is 408 g/mol. The third-order valence-electron chi connectivity index (χ3n) is 5.86. The molecule has 1 aliphatic rings. The van der Waals surface area contributed by atoms with E-state index in [0.717, 1.165) is 52.0 Å². The second-order valence-corrected chi connectivity index (χ2v) is 8.67. The summed E-state index contributed by atoms with van der Waals surface area (Å²) in [5.74, 6) is 0.850. The molecule has 31 heavy (non-hydrogen) atoms. The summed E-state index contributed by atoms with van der Waals surface area (Å²) in [7, 11) is 0. The summed E-state index contributed by atoms with van der Waals surface area (Å²) in [5, 5.41) is 12.2. The molecule has 5 rings (SSSR count). The number of aromatic amines is 1. The van der Waals surface area contributed by atoms with E-state index >= 15 is 0 Å². The topological polar surface area (TPSA) is 62.8 Å². The number of benzene rings is 2. The smallest absolute Gasteiger partial charge is 0.138 e. The number of aryl methyl sites for hydroxylation is 2. The summed E-state index contributed by atoms with van der Waals surface area (Å²) >= 11 is 6.57. The molecule has 2 aromatic carbocycles. The molecule has 0 saturated carbocycles. The Bertz CT molecular complexity index is 1210. The second-order valence-electron chi connectivity index (χ2n) is 8.26. The van der Waals surface area contributed by atoms with E-state index in [0.29, 0.717) is 17.7 Å². The molecule has 1 fully saturated rings. The highest BCUT2D eigenvalue weighted by molar-refractivity contribution is 6.34. The summed E-state index contributed by atoms with van der Waals surface area (Å²) in [6, 6.07) is 12.9. The quantitative estimate of drug-likeness (QED) is 0.410. The largest absolute Gasteiger partial charge is 0.492 e. The minimum atomic E-state index is 0.548. The first-order chi connectivity index (χ1) is 15.1. The van der Waals surface area contributed by atoms with Crippen LogP contribution >= 0.6 is 11.6 Å². The van der Waals surface area contributed by atoms with Gasteiger partial charge in [0.2, 0.25) is 0 Å². The van der Waals surface area contributed by atoms with Crippen molar-refractivity contribution in [3.8, 4) is 28.1 Å². The molecule has 0 bridgehead atoms. The van der Waals surface area contributed by atoms with E-state index in [1.807, 2.05) is 24.4 Å². The van der Waals surface area contributed by atoms with Crippen LogP contribution < -0.4 is 10.1 Å². The number of pyridine rings is 1. The number of nitrogens with one attached hydrogen (secondary N) is 2. The van der Waals surface area contributed by atoms with Gasteiger partial charge in [-0.2, -0.15) is 5.10 Å². The van der Waals surface area contributed by atoms with E-state index in [-0.39, 0.29) is 0 Å². The number of rotatable bonds is 6. The van der Waals surface area contributed by atoms with Crippen molar-refractivity contribution < 1.29 is 4.74 Å². The van der Waals surface area contributed by atoms with Gasteiger partial charge in [0.25, 0.3) is 0 Å². The van der Waals surface area contributed by atoms with Gasteiger partial charge in [-0.05, 0) is 57.0 Å². The number of ether oxygens (including phenoxy) is 1. The van der Waals surface area contributed by atoms with Crippen LogP contribution in [0.4, 0.5) is 0 Å². The minimum absolute atomic E-state index is 0.548. The molecule has 6 heteroatoms. The summed E-state index contributed by atoms with van der Waals surface area (Å²) < 4.78 is 6.45. The normalized spacial score (nSPS) is 15.8. The van der Waals surface area contributed by atoms with Crippen LogP contribution in [0.25, 0.3) is 33.3 Å². The van der Waals surface area contributed by atoms with Crippen LogP contribution in [-0.4, -0.2) is 34.4 Å². The van der Waals surface area contributed by atoms with Crippen molar-refractivity contribution in [2.24, 2.45) is 0 Å². The van der Waals surface area contributed by atoms with Gasteiger partial charge in [0.15, 0.2) is 0 Å². The molecule has 1 aliphatic heterocycles.